The number of fused-ring (bicyclic) bond motifs is 5. The molecule has 72 heavy (non-hydrogen) atoms. The predicted octanol–water partition coefficient (Wildman–Crippen LogP) is 0.890. The predicted molar refractivity (Wildman–Crippen MR) is 255 cm³/mol. The van der Waals surface area contributed by atoms with E-state index in [-0.39, 0.29) is 93.2 Å². The zero-order valence-corrected chi connectivity index (χ0v) is 40.9. The molecule has 4 aliphatic rings. The Morgan fingerprint density at radius 1 is 0.847 bits per heavy atom. The molecule has 0 saturated heterocycles. The Morgan fingerprint density at radius 3 is 2.25 bits per heavy atom. The lowest BCUT2D eigenvalue weighted by molar-refractivity contribution is -0.172. The first-order chi connectivity index (χ1) is 34.2. The molecule has 7 rings (SSSR count). The van der Waals surface area contributed by atoms with Crippen molar-refractivity contribution in [3.05, 3.63) is 73.8 Å². The standard InChI is InChI=1S/C50H60FN9O12/c1-6-50(71)31-19-35-45-29(23-60(35)48(69)30(31)24-72-49(50)70)43-33(14-13-28-26(4)32(51)20-34(57-45)42(28)43)56-37(62)12-10-17-52-46(67)27(5)55-47(68)44(25(2)3)58-39(64)22-54-38(63)21-53-36(61)11-8-7-9-18-59-40(65)15-16-41(59)66/h15-16,19-20,25,27,33,44,71H,6-14,17-18,21-24H2,1-5H3,(H,52,67)(H,53,61)(H,54,63)(H,55,68)(H,56,62)(H,58,64)/t27-,33-,44-,50-/m0/s1. The summed E-state index contributed by atoms with van der Waals surface area (Å²) >= 11 is 0. The van der Waals surface area contributed by atoms with E-state index in [2.05, 4.69) is 31.9 Å². The number of pyridine rings is 2. The molecule has 3 aliphatic heterocycles. The minimum absolute atomic E-state index is 0.0107. The van der Waals surface area contributed by atoms with Crippen molar-refractivity contribution in [3.8, 4) is 11.4 Å². The Balaban J connectivity index is 0.866. The minimum atomic E-state index is -2.04. The van der Waals surface area contributed by atoms with Gasteiger partial charge in [0, 0.05) is 60.7 Å². The molecule has 5 heterocycles. The molecule has 8 amide bonds. The van der Waals surface area contributed by atoms with Crippen LogP contribution in [0.25, 0.3) is 22.3 Å². The van der Waals surface area contributed by atoms with Gasteiger partial charge in [0.25, 0.3) is 17.4 Å². The fourth-order valence-electron chi connectivity index (χ4n) is 9.60. The Labute approximate surface area is 413 Å². The van der Waals surface area contributed by atoms with Crippen molar-refractivity contribution >= 4 is 64.1 Å². The van der Waals surface area contributed by atoms with E-state index in [1.54, 1.807) is 33.8 Å². The van der Waals surface area contributed by atoms with E-state index in [1.165, 1.54) is 29.7 Å². The summed E-state index contributed by atoms with van der Waals surface area (Å²) < 4.78 is 22.1. The summed E-state index contributed by atoms with van der Waals surface area (Å²) in [5.74, 6) is -5.65. The number of halogens is 1. The fourth-order valence-corrected chi connectivity index (χ4v) is 9.60. The molecule has 0 spiro atoms. The van der Waals surface area contributed by atoms with Gasteiger partial charge in [-0.05, 0) is 81.0 Å². The number of nitrogens with one attached hydrogen (secondary N) is 6. The summed E-state index contributed by atoms with van der Waals surface area (Å²) in [5.41, 5.74) is 1.48. The van der Waals surface area contributed by atoms with Crippen LogP contribution in [0.2, 0.25) is 0 Å². The number of unbranched alkanes of at least 4 members (excludes halogenated alkanes) is 2. The third-order valence-corrected chi connectivity index (χ3v) is 13.7. The second-order valence-corrected chi connectivity index (χ2v) is 18.9. The van der Waals surface area contributed by atoms with Gasteiger partial charge in [-0.2, -0.15) is 0 Å². The van der Waals surface area contributed by atoms with Crippen LogP contribution < -0.4 is 37.5 Å². The summed E-state index contributed by atoms with van der Waals surface area (Å²) in [7, 11) is 0. The highest BCUT2D eigenvalue weighted by molar-refractivity contribution is 6.12. The van der Waals surface area contributed by atoms with Crippen LogP contribution in [-0.4, -0.2) is 111 Å². The van der Waals surface area contributed by atoms with E-state index < -0.39 is 77.2 Å². The zero-order valence-electron chi connectivity index (χ0n) is 40.9. The summed E-state index contributed by atoms with van der Waals surface area (Å²) in [6, 6.07) is 0.281. The molecule has 2 aromatic heterocycles. The van der Waals surface area contributed by atoms with Gasteiger partial charge in [0.15, 0.2) is 5.60 Å². The van der Waals surface area contributed by atoms with Gasteiger partial charge in [-0.25, -0.2) is 14.2 Å². The Kier molecular flexibility index (Phi) is 16.0. The monoisotopic (exact) mass is 997 g/mol. The van der Waals surface area contributed by atoms with Gasteiger partial charge in [-0.1, -0.05) is 27.2 Å². The van der Waals surface area contributed by atoms with Gasteiger partial charge >= 0.3 is 5.97 Å². The van der Waals surface area contributed by atoms with E-state index in [1.807, 2.05) is 0 Å². The molecule has 0 unspecified atom stereocenters. The van der Waals surface area contributed by atoms with Crippen LogP contribution in [0.15, 0.2) is 29.1 Å². The molecule has 1 aliphatic carbocycles. The lowest BCUT2D eigenvalue weighted by atomic mass is 9.81. The van der Waals surface area contributed by atoms with Crippen molar-refractivity contribution in [2.24, 2.45) is 5.92 Å². The second-order valence-electron chi connectivity index (χ2n) is 18.9. The average Bonchev–Trinajstić information content (AvgIpc) is 3.88. The molecule has 0 radical (unpaired) electrons. The number of benzene rings is 1. The Morgan fingerprint density at radius 2 is 1.54 bits per heavy atom. The Hall–Kier alpha value is -7.36. The summed E-state index contributed by atoms with van der Waals surface area (Å²) in [6.07, 6.45) is 5.19. The zero-order chi connectivity index (χ0) is 52.2. The fraction of sp³-hybridized carbons (Fsp3) is 0.500. The van der Waals surface area contributed by atoms with Crippen molar-refractivity contribution in [2.45, 2.75) is 129 Å². The number of aromatic nitrogens is 2. The summed E-state index contributed by atoms with van der Waals surface area (Å²) in [6.45, 7) is 7.40. The third-order valence-electron chi connectivity index (χ3n) is 13.7. The van der Waals surface area contributed by atoms with Gasteiger partial charge in [0.1, 0.15) is 24.5 Å². The molecule has 1 aromatic carbocycles. The van der Waals surface area contributed by atoms with E-state index in [0.29, 0.717) is 71.1 Å². The molecule has 7 N–H and O–H groups in total. The van der Waals surface area contributed by atoms with Gasteiger partial charge < -0.3 is 46.3 Å². The maximum Gasteiger partial charge on any atom is 0.343 e. The lowest BCUT2D eigenvalue weighted by Gasteiger charge is -2.31. The number of amides is 8. The third kappa shape index (κ3) is 10.9. The number of aryl methyl sites for hydroxylation is 1. The number of imide groups is 1. The first-order valence-electron chi connectivity index (χ1n) is 24.3. The molecular weight excluding hydrogens is 938 g/mol. The van der Waals surface area contributed by atoms with Crippen LogP contribution in [0.5, 0.6) is 0 Å². The summed E-state index contributed by atoms with van der Waals surface area (Å²) in [5, 5.41) is 27.9. The minimum Gasteiger partial charge on any atom is -0.458 e. The topological polar surface area (TPSA) is 293 Å². The van der Waals surface area contributed by atoms with E-state index in [9.17, 15) is 53.1 Å². The molecule has 4 atom stereocenters. The van der Waals surface area contributed by atoms with E-state index in [0.717, 1.165) is 10.5 Å². The van der Waals surface area contributed by atoms with Gasteiger partial charge in [-0.15, -0.1) is 0 Å². The highest BCUT2D eigenvalue weighted by Gasteiger charge is 2.46. The number of cyclic esters (lactones) is 1. The van der Waals surface area contributed by atoms with E-state index >= 15 is 4.39 Å². The highest BCUT2D eigenvalue weighted by atomic mass is 19.1. The molecular formula is C50H60FN9O12. The maximum absolute atomic E-state index is 15.4. The van der Waals surface area contributed by atoms with Crippen molar-refractivity contribution in [2.75, 3.05) is 26.2 Å². The molecule has 0 saturated carbocycles. The lowest BCUT2D eigenvalue weighted by Crippen LogP contribution is -2.55. The molecule has 384 valence electrons. The van der Waals surface area contributed by atoms with Crippen molar-refractivity contribution in [1.82, 2.24) is 46.4 Å². The van der Waals surface area contributed by atoms with Crippen LogP contribution in [0.4, 0.5) is 4.39 Å². The Bertz CT molecular complexity index is 2840. The van der Waals surface area contributed by atoms with Crippen LogP contribution >= 0.6 is 0 Å². The number of ether oxygens (including phenoxy) is 1. The number of esters is 1. The quantitative estimate of drug-likeness (QED) is 0.0347. The number of hydrogen-bond donors (Lipinski definition) is 7. The van der Waals surface area contributed by atoms with Crippen molar-refractivity contribution < 1.29 is 57.4 Å². The summed E-state index contributed by atoms with van der Waals surface area (Å²) in [4.78, 5) is 133. The smallest absolute Gasteiger partial charge is 0.343 e. The molecule has 3 aromatic rings. The number of aliphatic hydroxyl groups is 1. The number of rotatable bonds is 21. The van der Waals surface area contributed by atoms with Crippen molar-refractivity contribution in [1.29, 1.82) is 0 Å². The van der Waals surface area contributed by atoms with Crippen LogP contribution in [0, 0.1) is 18.7 Å². The molecule has 0 fully saturated rings. The SMILES string of the molecule is CC[C@@]1(O)C(=O)OCc2c1cc1n(c2=O)Cc2c-1nc1cc(F)c(C)c3c1c2[C@@H](NC(=O)CCCNC(=O)[C@H](C)NC(=O)[C@@H](NC(=O)CNC(=O)CNC(=O)CCCCCN1C(=O)C=CC1=O)C(C)C)CC3. The first kappa shape index (κ1) is 52.5. The van der Waals surface area contributed by atoms with Gasteiger partial charge in [0.05, 0.1) is 48.1 Å². The molecule has 21 nitrogen and oxygen atoms in total. The van der Waals surface area contributed by atoms with Gasteiger partial charge in [0.2, 0.25) is 35.4 Å². The highest BCUT2D eigenvalue weighted by Crippen LogP contribution is 2.46. The normalized spacial score (nSPS) is 18.2. The van der Waals surface area contributed by atoms with Crippen LogP contribution in [-0.2, 0) is 73.1 Å². The molecule has 22 heteroatoms. The number of carbonyl (C=O) groups excluding carboxylic acids is 9. The molecule has 0 bridgehead atoms. The van der Waals surface area contributed by atoms with Gasteiger partial charge in [-0.3, -0.25) is 48.1 Å². The van der Waals surface area contributed by atoms with Crippen molar-refractivity contribution in [3.63, 3.8) is 0 Å². The number of nitrogens with zero attached hydrogens (tertiary/aromatic N) is 3. The average molecular weight is 998 g/mol. The van der Waals surface area contributed by atoms with E-state index in [4.69, 9.17) is 9.72 Å². The second kappa shape index (κ2) is 22.0. The maximum atomic E-state index is 15.4. The number of hydrogen-bond acceptors (Lipinski definition) is 13. The number of carbonyl (C=O) groups is 9. The first-order valence-corrected chi connectivity index (χ1v) is 24.3. The largest absolute Gasteiger partial charge is 0.458 e. The van der Waals surface area contributed by atoms with Crippen LogP contribution in [0.3, 0.4) is 0 Å². The van der Waals surface area contributed by atoms with Crippen LogP contribution in [0.1, 0.15) is 118 Å².